The largest absolute Gasteiger partial charge is 0.337 e. The number of amides is 1. The van der Waals surface area contributed by atoms with Crippen LogP contribution in [-0.4, -0.2) is 39.4 Å². The maximum atomic E-state index is 12.7. The Labute approximate surface area is 123 Å². The van der Waals surface area contributed by atoms with E-state index < -0.39 is 4.92 Å². The zero-order valence-electron chi connectivity index (χ0n) is 12.3. The van der Waals surface area contributed by atoms with Crippen molar-refractivity contribution in [2.45, 2.75) is 45.2 Å². The van der Waals surface area contributed by atoms with Crippen LogP contribution in [0.1, 0.15) is 43.1 Å². The van der Waals surface area contributed by atoms with Gasteiger partial charge in [0.15, 0.2) is 0 Å². The number of hydrogen-bond donors (Lipinski definition) is 1. The molecule has 1 amide bonds. The summed E-state index contributed by atoms with van der Waals surface area (Å²) >= 11 is 0. The molecule has 2 rings (SSSR count). The first-order valence-electron chi connectivity index (χ1n) is 7.44. The predicted octanol–water partition coefficient (Wildman–Crippen LogP) is 1.76. The van der Waals surface area contributed by atoms with Gasteiger partial charge in [-0.25, -0.2) is 0 Å². The van der Waals surface area contributed by atoms with Gasteiger partial charge in [0, 0.05) is 25.2 Å². The third-order valence-electron chi connectivity index (χ3n) is 4.04. The lowest BCUT2D eigenvalue weighted by Gasteiger charge is -2.35. The number of carbonyl (C=O) groups excluding carboxylic acids is 1. The van der Waals surface area contributed by atoms with E-state index in [0.717, 1.165) is 25.7 Å². The molecule has 0 bridgehead atoms. The molecule has 1 fully saturated rings. The van der Waals surface area contributed by atoms with Gasteiger partial charge in [0.2, 0.25) is 0 Å². The van der Waals surface area contributed by atoms with Crippen molar-refractivity contribution >= 4 is 11.6 Å². The first kappa shape index (κ1) is 15.5. The molecule has 116 valence electrons. The Balaban J connectivity index is 2.27. The Kier molecular flexibility index (Phi) is 4.95. The van der Waals surface area contributed by atoms with Crippen molar-refractivity contribution < 1.29 is 9.72 Å². The molecule has 0 aromatic carbocycles. The average molecular weight is 294 g/mol. The number of nitrogens with two attached hydrogens (primary N) is 1. The fourth-order valence-corrected chi connectivity index (χ4v) is 2.94. The van der Waals surface area contributed by atoms with Crippen LogP contribution in [0.2, 0.25) is 0 Å². The summed E-state index contributed by atoms with van der Waals surface area (Å²) in [5, 5.41) is 10.9. The Hall–Kier alpha value is -1.89. The van der Waals surface area contributed by atoms with Crippen LogP contribution in [0.15, 0.2) is 12.3 Å². The number of hydrogen-bond acceptors (Lipinski definition) is 4. The van der Waals surface area contributed by atoms with Gasteiger partial charge in [-0.2, -0.15) is 0 Å². The molecule has 2 heterocycles. The molecule has 1 aromatic heterocycles. The first-order chi connectivity index (χ1) is 10.1. The molecule has 1 atom stereocenters. The van der Waals surface area contributed by atoms with E-state index in [4.69, 9.17) is 5.73 Å². The monoisotopic (exact) mass is 294 g/mol. The van der Waals surface area contributed by atoms with Crippen LogP contribution in [-0.2, 0) is 6.54 Å². The molecule has 1 aromatic rings. The summed E-state index contributed by atoms with van der Waals surface area (Å²) in [6, 6.07) is 1.52. The highest BCUT2D eigenvalue weighted by atomic mass is 16.6. The molecule has 0 saturated carbocycles. The van der Waals surface area contributed by atoms with Gasteiger partial charge in [-0.05, 0) is 39.2 Å². The van der Waals surface area contributed by atoms with Gasteiger partial charge in [-0.15, -0.1) is 0 Å². The van der Waals surface area contributed by atoms with Gasteiger partial charge >= 0.3 is 0 Å². The van der Waals surface area contributed by atoms with E-state index in [2.05, 4.69) is 0 Å². The number of piperidine rings is 1. The topological polar surface area (TPSA) is 94.4 Å². The van der Waals surface area contributed by atoms with Gasteiger partial charge in [0.1, 0.15) is 5.69 Å². The minimum Gasteiger partial charge on any atom is -0.337 e. The minimum atomic E-state index is -0.462. The van der Waals surface area contributed by atoms with Gasteiger partial charge in [0.25, 0.3) is 11.6 Å². The fourth-order valence-electron chi connectivity index (χ4n) is 2.94. The van der Waals surface area contributed by atoms with Crippen molar-refractivity contribution in [3.05, 3.63) is 28.1 Å². The highest BCUT2D eigenvalue weighted by molar-refractivity contribution is 5.94. The second-order valence-corrected chi connectivity index (χ2v) is 5.35. The van der Waals surface area contributed by atoms with E-state index in [0.29, 0.717) is 25.3 Å². The van der Waals surface area contributed by atoms with E-state index in [1.54, 1.807) is 4.57 Å². The number of rotatable bonds is 5. The highest BCUT2D eigenvalue weighted by Gasteiger charge is 2.29. The van der Waals surface area contributed by atoms with Crippen LogP contribution in [0.25, 0.3) is 0 Å². The molecule has 1 saturated heterocycles. The highest BCUT2D eigenvalue weighted by Crippen LogP contribution is 2.24. The van der Waals surface area contributed by atoms with Crippen LogP contribution in [0.5, 0.6) is 0 Å². The van der Waals surface area contributed by atoms with Crippen molar-refractivity contribution in [3.8, 4) is 0 Å². The fraction of sp³-hybridized carbons (Fsp3) is 0.643. The molecule has 1 unspecified atom stereocenters. The van der Waals surface area contributed by atoms with Crippen LogP contribution in [0.4, 0.5) is 5.69 Å². The van der Waals surface area contributed by atoms with Crippen molar-refractivity contribution in [1.82, 2.24) is 9.47 Å². The standard InChI is InChI=1S/C14H22N4O3/c1-2-16-10-12(18(20)21)9-13(16)14(19)17-8-4-3-5-11(17)6-7-15/h9-11H,2-8,15H2,1H3. The third-order valence-corrected chi connectivity index (χ3v) is 4.04. The lowest BCUT2D eigenvalue weighted by molar-refractivity contribution is -0.384. The van der Waals surface area contributed by atoms with Crippen LogP contribution < -0.4 is 5.73 Å². The summed E-state index contributed by atoms with van der Waals surface area (Å²) < 4.78 is 1.65. The Morgan fingerprint density at radius 2 is 2.29 bits per heavy atom. The molecule has 21 heavy (non-hydrogen) atoms. The van der Waals surface area contributed by atoms with Crippen molar-refractivity contribution in [3.63, 3.8) is 0 Å². The van der Waals surface area contributed by atoms with Crippen molar-refractivity contribution in [2.24, 2.45) is 5.73 Å². The average Bonchev–Trinajstić information content (AvgIpc) is 2.92. The van der Waals surface area contributed by atoms with Gasteiger partial charge in [-0.1, -0.05) is 0 Å². The SMILES string of the molecule is CCn1cc([N+](=O)[O-])cc1C(=O)N1CCCCC1CCN. The van der Waals surface area contributed by atoms with E-state index >= 15 is 0 Å². The molecule has 7 nitrogen and oxygen atoms in total. The van der Waals surface area contributed by atoms with Crippen LogP contribution >= 0.6 is 0 Å². The van der Waals surface area contributed by atoms with Crippen LogP contribution in [0.3, 0.4) is 0 Å². The molecule has 7 heteroatoms. The molecule has 0 radical (unpaired) electrons. The lowest BCUT2D eigenvalue weighted by atomic mass is 9.99. The predicted molar refractivity (Wildman–Crippen MR) is 79.1 cm³/mol. The molecule has 0 spiro atoms. The second-order valence-electron chi connectivity index (χ2n) is 5.35. The number of aromatic nitrogens is 1. The van der Waals surface area contributed by atoms with Gasteiger partial charge in [-0.3, -0.25) is 14.9 Å². The summed E-state index contributed by atoms with van der Waals surface area (Å²) in [6.45, 7) is 3.65. The summed E-state index contributed by atoms with van der Waals surface area (Å²) in [5.74, 6) is -0.122. The number of aryl methyl sites for hydroxylation is 1. The summed E-state index contributed by atoms with van der Waals surface area (Å²) in [5.41, 5.74) is 5.99. The Morgan fingerprint density at radius 1 is 1.52 bits per heavy atom. The molecular formula is C14H22N4O3. The normalized spacial score (nSPS) is 18.8. The van der Waals surface area contributed by atoms with E-state index in [9.17, 15) is 14.9 Å². The Bertz CT molecular complexity index is 524. The van der Waals surface area contributed by atoms with E-state index in [-0.39, 0.29) is 17.6 Å². The number of nitro groups is 1. The number of likely N-dealkylation sites (tertiary alicyclic amines) is 1. The molecule has 1 aliphatic rings. The summed E-state index contributed by atoms with van der Waals surface area (Å²) in [7, 11) is 0. The van der Waals surface area contributed by atoms with E-state index in [1.807, 2.05) is 11.8 Å². The van der Waals surface area contributed by atoms with Crippen molar-refractivity contribution in [1.29, 1.82) is 0 Å². The molecule has 1 aliphatic heterocycles. The van der Waals surface area contributed by atoms with Crippen molar-refractivity contribution in [2.75, 3.05) is 13.1 Å². The van der Waals surface area contributed by atoms with E-state index in [1.165, 1.54) is 12.3 Å². The Morgan fingerprint density at radius 3 is 2.90 bits per heavy atom. The maximum Gasteiger partial charge on any atom is 0.287 e. The second kappa shape index (κ2) is 6.71. The number of nitrogens with zero attached hydrogens (tertiary/aromatic N) is 3. The molecule has 2 N–H and O–H groups in total. The third kappa shape index (κ3) is 3.24. The smallest absolute Gasteiger partial charge is 0.287 e. The van der Waals surface area contributed by atoms with Gasteiger partial charge < -0.3 is 15.2 Å². The van der Waals surface area contributed by atoms with Crippen LogP contribution in [0, 0.1) is 10.1 Å². The van der Waals surface area contributed by atoms with Gasteiger partial charge in [0.05, 0.1) is 11.1 Å². The number of carbonyl (C=O) groups is 1. The maximum absolute atomic E-state index is 12.7. The first-order valence-corrected chi connectivity index (χ1v) is 7.44. The lowest BCUT2D eigenvalue weighted by Crippen LogP contribution is -2.45. The quantitative estimate of drug-likeness (QED) is 0.661. The summed E-state index contributed by atoms with van der Waals surface area (Å²) in [6.07, 6.45) is 5.23. The molecule has 0 aliphatic carbocycles. The zero-order valence-corrected chi connectivity index (χ0v) is 12.3. The summed E-state index contributed by atoms with van der Waals surface area (Å²) in [4.78, 5) is 25.0. The zero-order chi connectivity index (χ0) is 15.4. The molecular weight excluding hydrogens is 272 g/mol. The minimum absolute atomic E-state index is 0.0346.